The van der Waals surface area contributed by atoms with Gasteiger partial charge in [0, 0.05) is 0 Å². The standard InChI is InChI=1S/C3H7N3O2/c4-3(5)6-1-8-2-7/h2H,1H2,(H4,4,5,6). The molecule has 0 bridgehead atoms. The van der Waals surface area contributed by atoms with Gasteiger partial charge in [-0.05, 0) is 0 Å². The summed E-state index contributed by atoms with van der Waals surface area (Å²) in [7, 11) is 0. The molecule has 0 atom stereocenters. The summed E-state index contributed by atoms with van der Waals surface area (Å²) in [4.78, 5) is 12.7. The molecule has 0 amide bonds. The van der Waals surface area contributed by atoms with Crippen LogP contribution < -0.4 is 11.5 Å². The molecule has 46 valence electrons. The number of carbonyl (C=O) groups is 1. The molecule has 0 radical (unpaired) electrons. The molecule has 4 N–H and O–H groups in total. The highest BCUT2D eigenvalue weighted by Crippen LogP contribution is 1.65. The molecule has 5 nitrogen and oxygen atoms in total. The third-order valence-electron chi connectivity index (χ3n) is 0.390. The van der Waals surface area contributed by atoms with Gasteiger partial charge in [-0.1, -0.05) is 0 Å². The van der Waals surface area contributed by atoms with E-state index in [0.717, 1.165) is 0 Å². The zero-order chi connectivity index (χ0) is 6.41. The van der Waals surface area contributed by atoms with Gasteiger partial charge >= 0.3 is 0 Å². The Morgan fingerprint density at radius 1 is 1.75 bits per heavy atom. The van der Waals surface area contributed by atoms with E-state index < -0.39 is 0 Å². The van der Waals surface area contributed by atoms with Crippen LogP contribution in [0.2, 0.25) is 0 Å². The largest absolute Gasteiger partial charge is 0.444 e. The van der Waals surface area contributed by atoms with E-state index in [1.807, 2.05) is 0 Å². The molecular formula is C3H7N3O2. The van der Waals surface area contributed by atoms with Gasteiger partial charge in [-0.15, -0.1) is 0 Å². The quantitative estimate of drug-likeness (QED) is 0.201. The van der Waals surface area contributed by atoms with E-state index in [0.29, 0.717) is 0 Å². The van der Waals surface area contributed by atoms with E-state index in [1.165, 1.54) is 0 Å². The molecule has 0 saturated heterocycles. The van der Waals surface area contributed by atoms with Crippen LogP contribution in [0.3, 0.4) is 0 Å². The number of carbonyl (C=O) groups excluding carboxylic acids is 1. The maximum atomic E-state index is 9.41. The van der Waals surface area contributed by atoms with Crippen molar-refractivity contribution in [3.8, 4) is 0 Å². The van der Waals surface area contributed by atoms with E-state index in [1.54, 1.807) is 0 Å². The van der Waals surface area contributed by atoms with E-state index in [4.69, 9.17) is 11.5 Å². The van der Waals surface area contributed by atoms with Crippen molar-refractivity contribution >= 4 is 12.4 Å². The predicted octanol–water partition coefficient (Wildman–Crippen LogP) is -1.61. The van der Waals surface area contributed by atoms with Crippen molar-refractivity contribution < 1.29 is 9.53 Å². The minimum absolute atomic E-state index is 0.0909. The molecule has 0 saturated carbocycles. The van der Waals surface area contributed by atoms with Crippen LogP contribution in [-0.2, 0) is 9.53 Å². The Kier molecular flexibility index (Phi) is 3.30. The zero-order valence-electron chi connectivity index (χ0n) is 4.20. The van der Waals surface area contributed by atoms with Gasteiger partial charge in [0.2, 0.25) is 0 Å². The Morgan fingerprint density at radius 2 is 2.38 bits per heavy atom. The van der Waals surface area contributed by atoms with Crippen molar-refractivity contribution in [2.24, 2.45) is 16.5 Å². The lowest BCUT2D eigenvalue weighted by atomic mass is 11.0. The third kappa shape index (κ3) is 4.74. The van der Waals surface area contributed by atoms with Crippen molar-refractivity contribution in [1.82, 2.24) is 0 Å². The Labute approximate surface area is 46.3 Å². The molecule has 8 heavy (non-hydrogen) atoms. The van der Waals surface area contributed by atoms with Crippen molar-refractivity contribution in [2.75, 3.05) is 6.73 Å². The highest BCUT2D eigenvalue weighted by atomic mass is 16.5. The molecule has 0 aromatic rings. The lowest BCUT2D eigenvalue weighted by Crippen LogP contribution is -2.23. The molecule has 0 aliphatic rings. The molecule has 0 heterocycles. The summed E-state index contributed by atoms with van der Waals surface area (Å²) < 4.78 is 4.12. The summed E-state index contributed by atoms with van der Waals surface area (Å²) in [6.45, 7) is 0.165. The first-order valence-electron chi connectivity index (χ1n) is 1.88. The zero-order valence-corrected chi connectivity index (χ0v) is 4.20. The maximum absolute atomic E-state index is 9.41. The van der Waals surface area contributed by atoms with Crippen LogP contribution >= 0.6 is 0 Å². The summed E-state index contributed by atoms with van der Waals surface area (Å²) in [5.41, 5.74) is 9.73. The first-order chi connectivity index (χ1) is 3.77. The van der Waals surface area contributed by atoms with Gasteiger partial charge < -0.3 is 16.2 Å². The number of hydrogen-bond acceptors (Lipinski definition) is 3. The van der Waals surface area contributed by atoms with Gasteiger partial charge in [0.25, 0.3) is 6.47 Å². The van der Waals surface area contributed by atoms with Gasteiger partial charge in [0.15, 0.2) is 12.7 Å². The molecular weight excluding hydrogens is 110 g/mol. The average Bonchev–Trinajstić information content (AvgIpc) is 1.66. The Hall–Kier alpha value is -1.26. The number of nitrogens with zero attached hydrogens (tertiary/aromatic N) is 1. The smallest absolute Gasteiger partial charge is 0.294 e. The summed E-state index contributed by atoms with van der Waals surface area (Å²) >= 11 is 0. The number of ether oxygens (including phenoxy) is 1. The van der Waals surface area contributed by atoms with Gasteiger partial charge in [-0.3, -0.25) is 4.79 Å². The molecule has 0 aliphatic carbocycles. The van der Waals surface area contributed by atoms with E-state index in [2.05, 4.69) is 9.73 Å². The first-order valence-corrected chi connectivity index (χ1v) is 1.88. The van der Waals surface area contributed by atoms with Crippen LogP contribution in [-0.4, -0.2) is 19.2 Å². The molecule has 5 heteroatoms. The van der Waals surface area contributed by atoms with Crippen LogP contribution in [0.15, 0.2) is 4.99 Å². The van der Waals surface area contributed by atoms with Gasteiger partial charge in [0.1, 0.15) is 0 Å². The number of aliphatic imine (C=N–C) groups is 1. The van der Waals surface area contributed by atoms with Crippen LogP contribution in [0, 0.1) is 0 Å². The maximum Gasteiger partial charge on any atom is 0.294 e. The van der Waals surface area contributed by atoms with Crippen LogP contribution in [0.25, 0.3) is 0 Å². The van der Waals surface area contributed by atoms with Crippen molar-refractivity contribution in [2.45, 2.75) is 0 Å². The van der Waals surface area contributed by atoms with E-state index in [-0.39, 0.29) is 19.2 Å². The molecule has 0 fully saturated rings. The average molecular weight is 117 g/mol. The summed E-state index contributed by atoms with van der Waals surface area (Å²) in [5.74, 6) is -0.0909. The highest BCUT2D eigenvalue weighted by molar-refractivity contribution is 5.75. The second-order valence-corrected chi connectivity index (χ2v) is 0.975. The van der Waals surface area contributed by atoms with Crippen molar-refractivity contribution in [1.29, 1.82) is 0 Å². The lowest BCUT2D eigenvalue weighted by Gasteiger charge is -1.89. The minimum Gasteiger partial charge on any atom is -0.444 e. The normalized spacial score (nSPS) is 7.50. The Balaban J connectivity index is 3.15. The van der Waals surface area contributed by atoms with Crippen molar-refractivity contribution in [3.63, 3.8) is 0 Å². The predicted molar refractivity (Wildman–Crippen MR) is 27.8 cm³/mol. The lowest BCUT2D eigenvalue weighted by molar-refractivity contribution is -0.128. The van der Waals surface area contributed by atoms with Crippen LogP contribution in [0.4, 0.5) is 0 Å². The summed E-state index contributed by atoms with van der Waals surface area (Å²) in [5, 5.41) is 0. The van der Waals surface area contributed by atoms with Crippen LogP contribution in [0.1, 0.15) is 0 Å². The Bertz CT molecular complexity index is 96.7. The fourth-order valence-corrected chi connectivity index (χ4v) is 0.142. The second-order valence-electron chi connectivity index (χ2n) is 0.975. The van der Waals surface area contributed by atoms with Crippen LogP contribution in [0.5, 0.6) is 0 Å². The minimum atomic E-state index is -0.105. The molecule has 0 rings (SSSR count). The molecule has 0 aromatic carbocycles. The van der Waals surface area contributed by atoms with E-state index >= 15 is 0 Å². The first kappa shape index (κ1) is 6.74. The van der Waals surface area contributed by atoms with Gasteiger partial charge in [0.05, 0.1) is 0 Å². The summed E-state index contributed by atoms with van der Waals surface area (Å²) in [6.07, 6.45) is 0. The fraction of sp³-hybridized carbons (Fsp3) is 0.333. The molecule has 0 aromatic heterocycles. The topological polar surface area (TPSA) is 90.7 Å². The number of hydrogen-bond donors (Lipinski definition) is 2. The fourth-order valence-electron chi connectivity index (χ4n) is 0.142. The second kappa shape index (κ2) is 3.91. The van der Waals surface area contributed by atoms with E-state index in [9.17, 15) is 4.79 Å². The Morgan fingerprint density at radius 3 is 2.75 bits per heavy atom. The van der Waals surface area contributed by atoms with Gasteiger partial charge in [-0.25, -0.2) is 4.99 Å². The molecule has 0 spiro atoms. The number of rotatable bonds is 3. The molecule has 0 aliphatic heterocycles. The van der Waals surface area contributed by atoms with Crippen molar-refractivity contribution in [3.05, 3.63) is 0 Å². The SMILES string of the molecule is NC(N)=NCOC=O. The number of nitrogens with two attached hydrogens (primary N) is 2. The summed E-state index contributed by atoms with van der Waals surface area (Å²) in [6, 6.07) is 0. The highest BCUT2D eigenvalue weighted by Gasteiger charge is 1.76. The molecule has 0 unspecified atom stereocenters. The monoisotopic (exact) mass is 117 g/mol. The third-order valence-corrected chi connectivity index (χ3v) is 0.390. The number of guanidine groups is 1. The van der Waals surface area contributed by atoms with Gasteiger partial charge in [-0.2, -0.15) is 0 Å².